The number of aromatic amines is 1. The van der Waals surface area contributed by atoms with E-state index in [1.54, 1.807) is 12.3 Å². The molecule has 2 aromatic heterocycles. The van der Waals surface area contributed by atoms with Crippen molar-refractivity contribution in [1.29, 1.82) is 0 Å². The molecular formula is C13H19N5OS. The van der Waals surface area contributed by atoms with Crippen molar-refractivity contribution in [3.05, 3.63) is 31.0 Å². The van der Waals surface area contributed by atoms with E-state index in [0.29, 0.717) is 5.75 Å². The third kappa shape index (κ3) is 3.22. The summed E-state index contributed by atoms with van der Waals surface area (Å²) in [7, 11) is -0.711. The van der Waals surface area contributed by atoms with Gasteiger partial charge in [-0.3, -0.25) is 4.21 Å². The van der Waals surface area contributed by atoms with Gasteiger partial charge in [0.2, 0.25) is 0 Å². The summed E-state index contributed by atoms with van der Waals surface area (Å²) < 4.78 is 13.3. The Balaban J connectivity index is 0.000000452. The van der Waals surface area contributed by atoms with Crippen molar-refractivity contribution in [2.45, 2.75) is 26.3 Å². The lowest BCUT2D eigenvalue weighted by atomic mass is 10.2. The minimum Gasteiger partial charge on any atom is -0.340 e. The van der Waals surface area contributed by atoms with Gasteiger partial charge >= 0.3 is 0 Å². The second kappa shape index (κ2) is 6.60. The van der Waals surface area contributed by atoms with Crippen LogP contribution < -0.4 is 0 Å². The van der Waals surface area contributed by atoms with Crippen LogP contribution in [0.1, 0.15) is 25.2 Å². The van der Waals surface area contributed by atoms with Crippen molar-refractivity contribution in [3.63, 3.8) is 0 Å². The van der Waals surface area contributed by atoms with E-state index in [0.717, 1.165) is 29.5 Å². The summed E-state index contributed by atoms with van der Waals surface area (Å²) in [4.78, 5) is 11.6. The Bertz CT molecular complexity index is 603. The fraction of sp³-hybridized carbons (Fsp3) is 0.462. The molecule has 1 saturated heterocycles. The monoisotopic (exact) mass is 293 g/mol. The third-order valence-electron chi connectivity index (χ3n) is 2.92. The molecule has 2 aromatic rings. The Morgan fingerprint density at radius 1 is 1.55 bits per heavy atom. The van der Waals surface area contributed by atoms with E-state index in [-0.39, 0.29) is 6.04 Å². The minimum atomic E-state index is -0.711. The van der Waals surface area contributed by atoms with E-state index in [9.17, 15) is 4.21 Å². The van der Waals surface area contributed by atoms with Gasteiger partial charge in [-0.1, -0.05) is 6.08 Å². The van der Waals surface area contributed by atoms with Gasteiger partial charge in [-0.15, -0.1) is 6.58 Å². The molecule has 3 rings (SSSR count). The molecular weight excluding hydrogens is 274 g/mol. The van der Waals surface area contributed by atoms with E-state index in [1.165, 1.54) is 6.33 Å². The third-order valence-corrected chi connectivity index (χ3v) is 4.37. The normalized spacial score (nSPS) is 21.3. The quantitative estimate of drug-likeness (QED) is 0.857. The summed E-state index contributed by atoms with van der Waals surface area (Å²) in [6, 6.07) is 0.192. The number of aromatic nitrogens is 5. The second-order valence-electron chi connectivity index (χ2n) is 4.57. The molecule has 0 bridgehead atoms. The fourth-order valence-electron chi connectivity index (χ4n) is 2.09. The van der Waals surface area contributed by atoms with E-state index in [1.807, 2.05) is 18.5 Å². The molecule has 0 aliphatic carbocycles. The van der Waals surface area contributed by atoms with Crippen LogP contribution in [0, 0.1) is 6.92 Å². The molecule has 3 heterocycles. The maximum Gasteiger partial charge on any atom is 0.176 e. The van der Waals surface area contributed by atoms with Crippen LogP contribution in [0.5, 0.6) is 0 Å². The lowest BCUT2D eigenvalue weighted by Crippen LogP contribution is -2.12. The average molecular weight is 293 g/mol. The summed E-state index contributed by atoms with van der Waals surface area (Å²) in [5.74, 6) is 3.05. The Kier molecular flexibility index (Phi) is 4.84. The number of nitrogens with one attached hydrogen (secondary N) is 1. The molecule has 1 fully saturated rings. The van der Waals surface area contributed by atoms with Crippen LogP contribution in [0.2, 0.25) is 0 Å². The first kappa shape index (κ1) is 14.6. The number of hydrogen-bond donors (Lipinski definition) is 1. The largest absolute Gasteiger partial charge is 0.340 e. The highest BCUT2D eigenvalue weighted by Crippen LogP contribution is 2.25. The van der Waals surface area contributed by atoms with Gasteiger partial charge < -0.3 is 4.98 Å². The number of rotatable bonds is 2. The van der Waals surface area contributed by atoms with Crippen molar-refractivity contribution in [2.75, 3.05) is 11.5 Å². The van der Waals surface area contributed by atoms with Crippen molar-refractivity contribution in [3.8, 4) is 11.5 Å². The predicted octanol–water partition coefficient (Wildman–Crippen LogP) is 1.86. The first-order valence-electron chi connectivity index (χ1n) is 6.49. The number of allylic oxidation sites excluding steroid dienone is 1. The zero-order chi connectivity index (χ0) is 14.5. The second-order valence-corrected chi connectivity index (χ2v) is 6.19. The smallest absolute Gasteiger partial charge is 0.176 e. The summed E-state index contributed by atoms with van der Waals surface area (Å²) in [5, 5.41) is 4.24. The van der Waals surface area contributed by atoms with Gasteiger partial charge in [-0.2, -0.15) is 5.10 Å². The molecule has 2 unspecified atom stereocenters. The fourth-order valence-corrected chi connectivity index (χ4v) is 3.52. The number of hydrogen-bond acceptors (Lipinski definition) is 4. The highest BCUT2D eigenvalue weighted by Gasteiger charge is 2.26. The minimum absolute atomic E-state index is 0.192. The van der Waals surface area contributed by atoms with Crippen molar-refractivity contribution in [1.82, 2.24) is 24.7 Å². The van der Waals surface area contributed by atoms with Crippen LogP contribution in [-0.2, 0) is 10.8 Å². The summed E-state index contributed by atoms with van der Waals surface area (Å²) in [5.41, 5.74) is 0.859. The number of H-pyrrole nitrogens is 1. The molecule has 0 amide bonds. The maximum atomic E-state index is 11.4. The molecule has 0 saturated carbocycles. The Morgan fingerprint density at radius 3 is 2.85 bits per heavy atom. The van der Waals surface area contributed by atoms with Crippen LogP contribution in [-0.4, -0.2) is 40.4 Å². The average Bonchev–Trinajstić information content (AvgIpc) is 3.09. The lowest BCUT2D eigenvalue weighted by molar-refractivity contribution is 0.505. The molecule has 108 valence electrons. The van der Waals surface area contributed by atoms with Crippen LogP contribution in [0.15, 0.2) is 25.2 Å². The van der Waals surface area contributed by atoms with E-state index < -0.39 is 10.8 Å². The van der Waals surface area contributed by atoms with Crippen molar-refractivity contribution in [2.24, 2.45) is 0 Å². The predicted molar refractivity (Wildman–Crippen MR) is 79.7 cm³/mol. The molecule has 1 N–H and O–H groups in total. The van der Waals surface area contributed by atoms with Gasteiger partial charge in [0.05, 0.1) is 12.2 Å². The summed E-state index contributed by atoms with van der Waals surface area (Å²) >= 11 is 0. The number of aryl methyl sites for hydroxylation is 1. The van der Waals surface area contributed by atoms with Crippen LogP contribution in [0.25, 0.3) is 11.5 Å². The molecule has 0 spiro atoms. The van der Waals surface area contributed by atoms with E-state index in [2.05, 4.69) is 26.6 Å². The molecule has 2 atom stereocenters. The van der Waals surface area contributed by atoms with Crippen LogP contribution in [0.4, 0.5) is 0 Å². The van der Waals surface area contributed by atoms with E-state index in [4.69, 9.17) is 0 Å². The Hall–Kier alpha value is -1.76. The molecule has 1 aliphatic rings. The number of nitrogens with zero attached hydrogens (tertiary/aromatic N) is 4. The van der Waals surface area contributed by atoms with Gasteiger partial charge in [0.25, 0.3) is 0 Å². The lowest BCUT2D eigenvalue weighted by Gasteiger charge is -2.10. The molecule has 0 aromatic carbocycles. The molecule has 0 radical (unpaired) electrons. The van der Waals surface area contributed by atoms with Gasteiger partial charge in [-0.05, 0) is 20.3 Å². The number of imidazole rings is 1. The summed E-state index contributed by atoms with van der Waals surface area (Å²) in [6.07, 6.45) is 5.94. The van der Waals surface area contributed by atoms with Gasteiger partial charge in [0, 0.05) is 22.3 Å². The molecule has 1 aliphatic heterocycles. The van der Waals surface area contributed by atoms with E-state index >= 15 is 0 Å². The topological polar surface area (TPSA) is 76.5 Å². The standard InChI is InChI=1S/C10H13N5OS.C3H6/c1-7-11-4-9(14-7)10-12-6-13-15(10)8-2-3-17(16)5-8;1-3-2/h4,6,8H,2-3,5H2,1H3,(H,11,14);3H,1H2,2H3. The van der Waals surface area contributed by atoms with Gasteiger partial charge in [0.1, 0.15) is 17.8 Å². The molecule has 6 nitrogen and oxygen atoms in total. The zero-order valence-corrected chi connectivity index (χ0v) is 12.6. The SMILES string of the molecule is C=CC.Cc1ncc(-c2ncnn2C2CCS(=O)C2)[nH]1. The van der Waals surface area contributed by atoms with Gasteiger partial charge in [0.15, 0.2) is 5.82 Å². The molecule has 7 heteroatoms. The zero-order valence-electron chi connectivity index (χ0n) is 11.7. The molecule has 20 heavy (non-hydrogen) atoms. The Labute approximate surface area is 120 Å². The Morgan fingerprint density at radius 2 is 2.30 bits per heavy atom. The highest BCUT2D eigenvalue weighted by molar-refractivity contribution is 7.85. The van der Waals surface area contributed by atoms with Crippen LogP contribution >= 0.6 is 0 Å². The first-order valence-corrected chi connectivity index (χ1v) is 7.98. The van der Waals surface area contributed by atoms with Crippen molar-refractivity contribution < 1.29 is 4.21 Å². The maximum absolute atomic E-state index is 11.4. The van der Waals surface area contributed by atoms with Gasteiger partial charge in [-0.25, -0.2) is 14.6 Å². The van der Waals surface area contributed by atoms with Crippen LogP contribution in [0.3, 0.4) is 0 Å². The van der Waals surface area contributed by atoms with Crippen molar-refractivity contribution >= 4 is 10.8 Å². The highest BCUT2D eigenvalue weighted by atomic mass is 32.2. The first-order chi connectivity index (χ1) is 9.65. The summed E-state index contributed by atoms with van der Waals surface area (Å²) in [6.45, 7) is 7.15.